The van der Waals surface area contributed by atoms with Gasteiger partial charge in [0, 0.05) is 19.8 Å². The summed E-state index contributed by atoms with van der Waals surface area (Å²) in [5, 5.41) is 3.06. The number of rotatable bonds is 5. The average molecular weight is 261 g/mol. The second-order valence-electron chi connectivity index (χ2n) is 5.78. The minimum absolute atomic E-state index is 0.616. The highest BCUT2D eigenvalue weighted by Gasteiger charge is 2.30. The Hall–Kier alpha value is -1.09. The number of hydrogen-bond donors (Lipinski definition) is 1. The number of nitrogens with one attached hydrogen (secondary N) is 1. The third kappa shape index (κ3) is 3.47. The van der Waals surface area contributed by atoms with Crippen molar-refractivity contribution in [1.82, 2.24) is 9.88 Å². The lowest BCUT2D eigenvalue weighted by Gasteiger charge is -2.41. The predicted molar refractivity (Wildman–Crippen MR) is 81.3 cm³/mol. The molecular weight excluding hydrogens is 234 g/mol. The summed E-state index contributed by atoms with van der Waals surface area (Å²) in [6.07, 6.45) is 7.35. The van der Waals surface area contributed by atoms with Crippen LogP contribution in [0.4, 0.5) is 5.82 Å². The molecule has 0 saturated carbocycles. The van der Waals surface area contributed by atoms with Crippen LogP contribution >= 0.6 is 0 Å². The second-order valence-corrected chi connectivity index (χ2v) is 5.78. The molecule has 3 nitrogen and oxygen atoms in total. The van der Waals surface area contributed by atoms with E-state index in [1.807, 2.05) is 13.2 Å². The van der Waals surface area contributed by atoms with Gasteiger partial charge in [0.2, 0.25) is 0 Å². The third-order valence-corrected chi connectivity index (χ3v) is 4.90. The fourth-order valence-corrected chi connectivity index (χ4v) is 3.07. The highest BCUT2D eigenvalue weighted by molar-refractivity contribution is 5.34. The quantitative estimate of drug-likeness (QED) is 0.879. The van der Waals surface area contributed by atoms with Crippen molar-refractivity contribution in [2.75, 3.05) is 25.5 Å². The normalized spacial score (nSPS) is 19.3. The molecule has 0 aromatic carbocycles. The predicted octanol–water partition coefficient (Wildman–Crippen LogP) is 3.53. The van der Waals surface area contributed by atoms with Crippen molar-refractivity contribution in [3.63, 3.8) is 0 Å². The number of aromatic nitrogens is 1. The maximum atomic E-state index is 4.39. The van der Waals surface area contributed by atoms with Crippen molar-refractivity contribution in [2.45, 2.75) is 46.1 Å². The van der Waals surface area contributed by atoms with E-state index in [0.717, 1.165) is 12.4 Å². The lowest BCUT2D eigenvalue weighted by atomic mass is 9.74. The summed E-state index contributed by atoms with van der Waals surface area (Å²) < 4.78 is 0. The molecule has 19 heavy (non-hydrogen) atoms. The summed E-state index contributed by atoms with van der Waals surface area (Å²) in [5.74, 6) is 0.943. The maximum absolute atomic E-state index is 4.39. The number of hydrogen-bond acceptors (Lipinski definition) is 3. The molecule has 1 aliphatic heterocycles. The van der Waals surface area contributed by atoms with Gasteiger partial charge < -0.3 is 5.32 Å². The highest BCUT2D eigenvalue weighted by atomic mass is 15.1. The first-order valence-electron chi connectivity index (χ1n) is 7.56. The molecule has 1 fully saturated rings. The average Bonchev–Trinajstić information content (AvgIpc) is 2.49. The van der Waals surface area contributed by atoms with E-state index < -0.39 is 0 Å². The molecule has 1 aromatic rings. The van der Waals surface area contributed by atoms with Crippen LogP contribution < -0.4 is 5.32 Å². The van der Waals surface area contributed by atoms with Crippen molar-refractivity contribution < 1.29 is 0 Å². The largest absolute Gasteiger partial charge is 0.373 e. The van der Waals surface area contributed by atoms with Crippen molar-refractivity contribution in [3.05, 3.63) is 23.9 Å². The lowest BCUT2D eigenvalue weighted by molar-refractivity contribution is 0.0908. The molecule has 1 aliphatic rings. The van der Waals surface area contributed by atoms with Crippen molar-refractivity contribution in [3.8, 4) is 0 Å². The summed E-state index contributed by atoms with van der Waals surface area (Å²) >= 11 is 0. The van der Waals surface area contributed by atoms with Crippen LogP contribution in [-0.4, -0.2) is 30.0 Å². The van der Waals surface area contributed by atoms with Gasteiger partial charge in [0.15, 0.2) is 0 Å². The summed E-state index contributed by atoms with van der Waals surface area (Å²) in [6, 6.07) is 4.24. The molecule has 3 heteroatoms. The third-order valence-electron chi connectivity index (χ3n) is 4.90. The molecule has 0 aliphatic carbocycles. The summed E-state index contributed by atoms with van der Waals surface area (Å²) in [6.45, 7) is 8.20. The van der Waals surface area contributed by atoms with Gasteiger partial charge >= 0.3 is 0 Å². The molecule has 0 atom stereocenters. The van der Waals surface area contributed by atoms with E-state index >= 15 is 0 Å². The van der Waals surface area contributed by atoms with Gasteiger partial charge in [0.25, 0.3) is 0 Å². The Bertz CT molecular complexity index is 371. The Balaban J connectivity index is 1.88. The molecule has 1 N–H and O–H groups in total. The zero-order valence-corrected chi connectivity index (χ0v) is 12.6. The number of pyridine rings is 1. The minimum atomic E-state index is 0.616. The molecule has 0 amide bonds. The van der Waals surface area contributed by atoms with E-state index in [0.29, 0.717) is 5.41 Å². The molecule has 1 saturated heterocycles. The van der Waals surface area contributed by atoms with Gasteiger partial charge in [-0.3, -0.25) is 4.90 Å². The van der Waals surface area contributed by atoms with Gasteiger partial charge in [-0.1, -0.05) is 32.8 Å². The lowest BCUT2D eigenvalue weighted by Crippen LogP contribution is -2.39. The van der Waals surface area contributed by atoms with Crippen LogP contribution in [0.3, 0.4) is 0 Å². The highest BCUT2D eigenvalue weighted by Crippen LogP contribution is 2.38. The smallest absolute Gasteiger partial charge is 0.125 e. The van der Waals surface area contributed by atoms with Crippen molar-refractivity contribution in [2.24, 2.45) is 5.41 Å². The van der Waals surface area contributed by atoms with Crippen LogP contribution in [0, 0.1) is 5.41 Å². The Kier molecular flexibility index (Phi) is 4.81. The van der Waals surface area contributed by atoms with Gasteiger partial charge in [-0.25, -0.2) is 4.98 Å². The molecule has 2 heterocycles. The zero-order valence-electron chi connectivity index (χ0n) is 12.6. The zero-order chi connectivity index (χ0) is 13.7. The van der Waals surface area contributed by atoms with Crippen molar-refractivity contribution in [1.29, 1.82) is 0 Å². The first kappa shape index (κ1) is 14.3. The molecule has 106 valence electrons. The van der Waals surface area contributed by atoms with E-state index in [-0.39, 0.29) is 0 Å². The first-order valence-corrected chi connectivity index (χ1v) is 7.56. The van der Waals surface area contributed by atoms with E-state index in [2.05, 4.69) is 41.2 Å². The summed E-state index contributed by atoms with van der Waals surface area (Å²) in [4.78, 5) is 6.95. The Morgan fingerprint density at radius 3 is 2.37 bits per heavy atom. The SMILES string of the molecule is CCC1(CC)CCN(Cc2ccc(NC)nc2)CC1. The molecule has 1 aromatic heterocycles. The number of piperidine rings is 1. The summed E-state index contributed by atoms with van der Waals surface area (Å²) in [5.41, 5.74) is 1.93. The van der Waals surface area contributed by atoms with E-state index in [9.17, 15) is 0 Å². The van der Waals surface area contributed by atoms with E-state index in [1.54, 1.807) is 0 Å². The Labute approximate surface area is 117 Å². The van der Waals surface area contributed by atoms with E-state index in [4.69, 9.17) is 0 Å². The van der Waals surface area contributed by atoms with Crippen LogP contribution in [0.5, 0.6) is 0 Å². The topological polar surface area (TPSA) is 28.2 Å². The number of likely N-dealkylation sites (tertiary alicyclic amines) is 1. The maximum Gasteiger partial charge on any atom is 0.125 e. The van der Waals surface area contributed by atoms with Gasteiger partial charge in [-0.05, 0) is 43.0 Å². The molecule has 2 rings (SSSR count). The standard InChI is InChI=1S/C16H27N3/c1-4-16(5-2)8-10-19(11-9-16)13-14-6-7-15(17-3)18-12-14/h6-7,12H,4-5,8-11,13H2,1-3H3,(H,17,18). The molecule has 0 spiro atoms. The monoisotopic (exact) mass is 261 g/mol. The van der Waals surface area contributed by atoms with Gasteiger partial charge in [-0.15, -0.1) is 0 Å². The van der Waals surface area contributed by atoms with Crippen LogP contribution in [0.2, 0.25) is 0 Å². The molecular formula is C16H27N3. The number of anilines is 1. The number of nitrogens with zero attached hydrogens (tertiary/aromatic N) is 2. The van der Waals surface area contributed by atoms with Gasteiger partial charge in [0.1, 0.15) is 5.82 Å². The molecule has 0 bridgehead atoms. The Morgan fingerprint density at radius 1 is 1.21 bits per heavy atom. The fraction of sp³-hybridized carbons (Fsp3) is 0.688. The fourth-order valence-electron chi connectivity index (χ4n) is 3.07. The first-order chi connectivity index (χ1) is 9.21. The van der Waals surface area contributed by atoms with Crippen molar-refractivity contribution >= 4 is 5.82 Å². The van der Waals surface area contributed by atoms with Gasteiger partial charge in [0.05, 0.1) is 0 Å². The van der Waals surface area contributed by atoms with Crippen LogP contribution in [-0.2, 0) is 6.54 Å². The minimum Gasteiger partial charge on any atom is -0.373 e. The second kappa shape index (κ2) is 6.38. The Morgan fingerprint density at radius 2 is 1.89 bits per heavy atom. The van der Waals surface area contributed by atoms with Gasteiger partial charge in [-0.2, -0.15) is 0 Å². The van der Waals surface area contributed by atoms with Crippen LogP contribution in [0.1, 0.15) is 45.1 Å². The van der Waals surface area contributed by atoms with Crippen LogP contribution in [0.15, 0.2) is 18.3 Å². The summed E-state index contributed by atoms with van der Waals surface area (Å²) in [7, 11) is 1.90. The van der Waals surface area contributed by atoms with E-state index in [1.165, 1.54) is 44.3 Å². The molecule has 0 radical (unpaired) electrons. The van der Waals surface area contributed by atoms with Crippen LogP contribution in [0.25, 0.3) is 0 Å². The molecule has 0 unspecified atom stereocenters.